The molecule has 2 N–H and O–H groups in total. The molecule has 0 aliphatic heterocycles. The molecule has 3 aromatic carbocycles. The second-order valence-corrected chi connectivity index (χ2v) is 5.13. The van der Waals surface area contributed by atoms with Crippen molar-refractivity contribution in [3.8, 4) is 0 Å². The van der Waals surface area contributed by atoms with Crippen LogP contribution in [0, 0.1) is 0 Å². The van der Waals surface area contributed by atoms with E-state index in [9.17, 15) is 9.59 Å². The molecule has 5 heteroatoms. The number of amides is 2. The molecule has 0 spiro atoms. The van der Waals surface area contributed by atoms with Crippen LogP contribution in [-0.2, 0) is 9.59 Å². The van der Waals surface area contributed by atoms with Crippen molar-refractivity contribution in [2.75, 3.05) is 5.32 Å². The van der Waals surface area contributed by atoms with E-state index in [0.717, 1.165) is 16.3 Å². The number of nitrogens with one attached hydrogen (secondary N) is 2. The van der Waals surface area contributed by atoms with Crippen LogP contribution in [0.15, 0.2) is 77.9 Å². The van der Waals surface area contributed by atoms with Gasteiger partial charge < -0.3 is 5.32 Å². The first kappa shape index (κ1) is 15.4. The molecule has 2 amide bonds. The third-order valence-electron chi connectivity index (χ3n) is 3.39. The minimum atomic E-state index is -0.824. The van der Waals surface area contributed by atoms with Gasteiger partial charge in [-0.1, -0.05) is 60.7 Å². The molecule has 24 heavy (non-hydrogen) atoms. The Morgan fingerprint density at radius 2 is 1.50 bits per heavy atom. The van der Waals surface area contributed by atoms with Gasteiger partial charge in [0.2, 0.25) is 0 Å². The van der Waals surface area contributed by atoms with Gasteiger partial charge in [-0.2, -0.15) is 5.10 Å². The summed E-state index contributed by atoms with van der Waals surface area (Å²) in [5, 5.41) is 8.37. The Hall–Kier alpha value is -3.47. The van der Waals surface area contributed by atoms with Gasteiger partial charge in [0.05, 0.1) is 6.21 Å². The number of rotatable bonds is 3. The maximum atomic E-state index is 11.9. The van der Waals surface area contributed by atoms with Crippen LogP contribution in [0.25, 0.3) is 10.8 Å². The summed E-state index contributed by atoms with van der Waals surface area (Å²) >= 11 is 0. The average molecular weight is 317 g/mol. The highest BCUT2D eigenvalue weighted by atomic mass is 16.2. The molecule has 3 rings (SSSR count). The Morgan fingerprint density at radius 1 is 0.792 bits per heavy atom. The summed E-state index contributed by atoms with van der Waals surface area (Å²) in [6.07, 6.45) is 1.47. The molecular weight excluding hydrogens is 302 g/mol. The highest BCUT2D eigenvalue weighted by Gasteiger charge is 2.12. The average Bonchev–Trinajstić information content (AvgIpc) is 2.62. The van der Waals surface area contributed by atoms with Gasteiger partial charge in [-0.15, -0.1) is 0 Å². The van der Waals surface area contributed by atoms with Crippen LogP contribution in [0.5, 0.6) is 0 Å². The minimum Gasteiger partial charge on any atom is -0.318 e. The number of hydrazone groups is 1. The highest BCUT2D eigenvalue weighted by molar-refractivity contribution is 6.39. The van der Waals surface area contributed by atoms with E-state index in [1.165, 1.54) is 6.21 Å². The Labute approximate surface area is 139 Å². The van der Waals surface area contributed by atoms with Crippen molar-refractivity contribution in [2.24, 2.45) is 5.10 Å². The number of nitrogens with zero attached hydrogens (tertiary/aromatic N) is 1. The molecule has 0 saturated heterocycles. The van der Waals surface area contributed by atoms with E-state index in [-0.39, 0.29) is 0 Å². The fourth-order valence-corrected chi connectivity index (χ4v) is 2.21. The zero-order valence-corrected chi connectivity index (χ0v) is 12.8. The van der Waals surface area contributed by atoms with Crippen molar-refractivity contribution < 1.29 is 9.59 Å². The van der Waals surface area contributed by atoms with E-state index >= 15 is 0 Å². The van der Waals surface area contributed by atoms with E-state index in [1.807, 2.05) is 66.7 Å². The van der Waals surface area contributed by atoms with Crippen molar-refractivity contribution in [2.45, 2.75) is 0 Å². The summed E-state index contributed by atoms with van der Waals surface area (Å²) in [7, 11) is 0. The highest BCUT2D eigenvalue weighted by Crippen LogP contribution is 2.18. The first-order valence-corrected chi connectivity index (χ1v) is 7.40. The normalized spacial score (nSPS) is 10.7. The number of anilines is 1. The zero-order chi connectivity index (χ0) is 16.8. The van der Waals surface area contributed by atoms with E-state index < -0.39 is 11.8 Å². The monoisotopic (exact) mass is 317 g/mol. The number of hydrogen-bond acceptors (Lipinski definition) is 3. The second kappa shape index (κ2) is 7.19. The molecule has 0 saturated carbocycles. The second-order valence-electron chi connectivity index (χ2n) is 5.13. The lowest BCUT2D eigenvalue weighted by atomic mass is 10.1. The Morgan fingerprint density at radius 3 is 2.29 bits per heavy atom. The Kier molecular flexibility index (Phi) is 4.62. The van der Waals surface area contributed by atoms with Crippen molar-refractivity contribution in [1.82, 2.24) is 5.43 Å². The van der Waals surface area contributed by atoms with Crippen molar-refractivity contribution >= 4 is 34.5 Å². The first-order chi connectivity index (χ1) is 11.7. The largest absolute Gasteiger partial charge is 0.329 e. The van der Waals surface area contributed by atoms with Crippen molar-refractivity contribution in [1.29, 1.82) is 0 Å². The van der Waals surface area contributed by atoms with E-state index in [2.05, 4.69) is 15.8 Å². The molecule has 0 aliphatic rings. The Balaban J connectivity index is 1.61. The van der Waals surface area contributed by atoms with Crippen LogP contribution in [0.2, 0.25) is 0 Å². The number of benzene rings is 3. The Bertz CT molecular complexity index is 905. The number of carbonyl (C=O) groups is 2. The maximum Gasteiger partial charge on any atom is 0.329 e. The molecule has 0 aromatic heterocycles. The first-order valence-electron chi connectivity index (χ1n) is 7.40. The van der Waals surface area contributed by atoms with E-state index in [1.54, 1.807) is 6.07 Å². The van der Waals surface area contributed by atoms with Gasteiger partial charge >= 0.3 is 11.8 Å². The van der Waals surface area contributed by atoms with Gasteiger partial charge in [-0.25, -0.2) is 5.43 Å². The van der Waals surface area contributed by atoms with Crippen LogP contribution >= 0.6 is 0 Å². The number of fused-ring (bicyclic) bond motifs is 1. The lowest BCUT2D eigenvalue weighted by molar-refractivity contribution is -0.136. The van der Waals surface area contributed by atoms with Gasteiger partial charge in [0.1, 0.15) is 0 Å². The standard InChI is InChI=1S/C19H15N3O2/c23-18(19(24)22-20-13-14-6-2-1-3-7-14)21-17-11-10-15-8-4-5-9-16(15)12-17/h1-13H,(H,21,23)(H,22,24)/b20-13+. The summed E-state index contributed by atoms with van der Waals surface area (Å²) in [5.74, 6) is -1.59. The van der Waals surface area contributed by atoms with E-state index in [0.29, 0.717) is 5.69 Å². The predicted molar refractivity (Wildman–Crippen MR) is 94.8 cm³/mol. The summed E-state index contributed by atoms with van der Waals surface area (Å²) < 4.78 is 0. The SMILES string of the molecule is O=C(N/N=C/c1ccccc1)C(=O)Nc1ccc2ccccc2c1. The molecule has 0 heterocycles. The summed E-state index contributed by atoms with van der Waals surface area (Å²) in [6, 6.07) is 22.5. The van der Waals surface area contributed by atoms with Gasteiger partial charge in [-0.05, 0) is 28.5 Å². The molecular formula is C19H15N3O2. The third-order valence-corrected chi connectivity index (χ3v) is 3.39. The van der Waals surface area contributed by atoms with Gasteiger partial charge in [-0.3, -0.25) is 9.59 Å². The quantitative estimate of drug-likeness (QED) is 0.443. The fraction of sp³-hybridized carbons (Fsp3) is 0. The number of hydrogen-bond donors (Lipinski definition) is 2. The summed E-state index contributed by atoms with van der Waals surface area (Å²) in [6.45, 7) is 0. The smallest absolute Gasteiger partial charge is 0.318 e. The lowest BCUT2D eigenvalue weighted by Gasteiger charge is -2.05. The zero-order valence-electron chi connectivity index (χ0n) is 12.8. The van der Waals surface area contributed by atoms with Crippen LogP contribution in [0.4, 0.5) is 5.69 Å². The fourth-order valence-electron chi connectivity index (χ4n) is 2.21. The summed E-state index contributed by atoms with van der Waals surface area (Å²) in [4.78, 5) is 23.7. The molecule has 0 radical (unpaired) electrons. The molecule has 3 aromatic rings. The van der Waals surface area contributed by atoms with Crippen molar-refractivity contribution in [3.05, 3.63) is 78.4 Å². The molecule has 0 fully saturated rings. The van der Waals surface area contributed by atoms with Gasteiger partial charge in [0, 0.05) is 5.69 Å². The molecule has 118 valence electrons. The lowest BCUT2D eigenvalue weighted by Crippen LogP contribution is -2.32. The molecule has 0 aliphatic carbocycles. The molecule has 5 nitrogen and oxygen atoms in total. The van der Waals surface area contributed by atoms with Crippen molar-refractivity contribution in [3.63, 3.8) is 0 Å². The van der Waals surface area contributed by atoms with E-state index in [4.69, 9.17) is 0 Å². The van der Waals surface area contributed by atoms with Gasteiger partial charge in [0.15, 0.2) is 0 Å². The third kappa shape index (κ3) is 3.84. The number of carbonyl (C=O) groups excluding carboxylic acids is 2. The van der Waals surface area contributed by atoms with Crippen LogP contribution in [0.3, 0.4) is 0 Å². The molecule has 0 unspecified atom stereocenters. The van der Waals surface area contributed by atoms with Crippen LogP contribution in [0.1, 0.15) is 5.56 Å². The maximum absolute atomic E-state index is 11.9. The minimum absolute atomic E-state index is 0.556. The predicted octanol–water partition coefficient (Wildman–Crippen LogP) is 2.93. The summed E-state index contributed by atoms with van der Waals surface area (Å²) in [5.41, 5.74) is 3.59. The van der Waals surface area contributed by atoms with Crippen LogP contribution < -0.4 is 10.7 Å². The van der Waals surface area contributed by atoms with Gasteiger partial charge in [0.25, 0.3) is 0 Å². The topological polar surface area (TPSA) is 70.6 Å². The van der Waals surface area contributed by atoms with Crippen LogP contribution in [-0.4, -0.2) is 18.0 Å². The molecule has 0 bridgehead atoms. The molecule has 0 atom stereocenters.